The van der Waals surface area contributed by atoms with E-state index in [1.807, 2.05) is 0 Å². The summed E-state index contributed by atoms with van der Waals surface area (Å²) in [6.07, 6.45) is 8.00. The molecule has 0 spiro atoms. The number of ether oxygens (including phenoxy) is 1. The predicted octanol–water partition coefficient (Wildman–Crippen LogP) is 2.27. The molecule has 0 aliphatic heterocycles. The van der Waals surface area contributed by atoms with Crippen LogP contribution >= 0.6 is 0 Å². The smallest absolute Gasteiger partial charge is 0.215 e. The number of hydrogen-bond acceptors (Lipinski definition) is 3. The van der Waals surface area contributed by atoms with Gasteiger partial charge < -0.3 is 13.6 Å². The maximum absolute atomic E-state index is 5.16. The Bertz CT molecular complexity index is 262. The highest BCUT2D eigenvalue weighted by Gasteiger charge is 1.99. The van der Waals surface area contributed by atoms with E-state index in [9.17, 15) is 0 Å². The molecule has 2 aromatic heterocycles. The zero-order valence-corrected chi connectivity index (χ0v) is 5.53. The lowest BCUT2D eigenvalue weighted by Crippen LogP contribution is -1.76. The molecular weight excluding hydrogens is 144 g/mol. The molecule has 0 atom stereocenters. The molecule has 3 heteroatoms. The van der Waals surface area contributed by atoms with Crippen molar-refractivity contribution < 1.29 is 13.6 Å². The molecule has 2 aromatic rings. The van der Waals surface area contributed by atoms with Gasteiger partial charge in [-0.2, -0.15) is 0 Å². The van der Waals surface area contributed by atoms with Gasteiger partial charge in [0.15, 0.2) is 11.5 Å². The van der Waals surface area contributed by atoms with E-state index in [2.05, 4.69) is 21.4 Å². The largest absolute Gasteiger partial charge is 0.457 e. The zero-order valence-electron chi connectivity index (χ0n) is 5.53. The maximum Gasteiger partial charge on any atom is 0.215 e. The number of furan rings is 2. The van der Waals surface area contributed by atoms with E-state index >= 15 is 0 Å². The van der Waals surface area contributed by atoms with Crippen molar-refractivity contribution in [3.05, 3.63) is 37.2 Å². The fourth-order valence-corrected chi connectivity index (χ4v) is 0.672. The van der Waals surface area contributed by atoms with Gasteiger partial charge in [-0.1, -0.05) is 0 Å². The van der Waals surface area contributed by atoms with E-state index in [1.54, 1.807) is 12.1 Å². The third-order valence-electron chi connectivity index (χ3n) is 1.11. The molecule has 0 amide bonds. The van der Waals surface area contributed by atoms with Crippen molar-refractivity contribution >= 4 is 0 Å². The lowest BCUT2D eigenvalue weighted by Gasteiger charge is -1.93. The molecule has 0 unspecified atom stereocenters. The van der Waals surface area contributed by atoms with E-state index in [1.165, 1.54) is 12.5 Å². The van der Waals surface area contributed by atoms with Crippen molar-refractivity contribution in [2.75, 3.05) is 0 Å². The summed E-state index contributed by atoms with van der Waals surface area (Å²) in [5.41, 5.74) is 0. The van der Waals surface area contributed by atoms with Gasteiger partial charge in [0.1, 0.15) is 0 Å². The summed E-state index contributed by atoms with van der Waals surface area (Å²) >= 11 is 0. The van der Waals surface area contributed by atoms with Crippen LogP contribution in [0, 0.1) is 12.5 Å². The van der Waals surface area contributed by atoms with Gasteiger partial charge in [0.25, 0.3) is 0 Å². The molecule has 2 radical (unpaired) electrons. The fraction of sp³-hybridized carbons (Fsp3) is 0. The van der Waals surface area contributed by atoms with Crippen LogP contribution < -0.4 is 4.74 Å². The van der Waals surface area contributed by atoms with Crippen LogP contribution in [-0.2, 0) is 0 Å². The highest BCUT2D eigenvalue weighted by atomic mass is 16.5. The molecule has 2 rings (SSSR count). The van der Waals surface area contributed by atoms with E-state index < -0.39 is 0 Å². The second-order valence-corrected chi connectivity index (χ2v) is 1.88. The fourth-order valence-electron chi connectivity index (χ4n) is 0.672. The number of hydrogen-bond donors (Lipinski definition) is 0. The Hall–Kier alpha value is -1.64. The Kier molecular flexibility index (Phi) is 1.41. The summed E-state index contributed by atoms with van der Waals surface area (Å²) in [7, 11) is 0. The van der Waals surface area contributed by atoms with Gasteiger partial charge in [0.05, 0.1) is 12.5 Å². The molecule has 0 bridgehead atoms. The molecule has 0 saturated carbocycles. The summed E-state index contributed by atoms with van der Waals surface area (Å²) in [5.74, 6) is 1.03. The van der Waals surface area contributed by atoms with Crippen LogP contribution in [0.5, 0.6) is 11.5 Å². The summed E-state index contributed by atoms with van der Waals surface area (Å²) in [5, 5.41) is 0. The van der Waals surface area contributed by atoms with Crippen LogP contribution in [0.3, 0.4) is 0 Å². The van der Waals surface area contributed by atoms with Crippen LogP contribution in [-0.4, -0.2) is 0 Å². The van der Waals surface area contributed by atoms with Crippen LogP contribution in [0.1, 0.15) is 0 Å². The minimum atomic E-state index is 0.516. The molecule has 0 fully saturated rings. The van der Waals surface area contributed by atoms with Gasteiger partial charge in [-0.15, -0.1) is 0 Å². The standard InChI is InChI=1S/C8H4O3/c1-3-9-5-7(1)11-8-2-4-10-6-8/h1-4H. The Balaban J connectivity index is 2.14. The average molecular weight is 148 g/mol. The quantitative estimate of drug-likeness (QED) is 0.655. The first-order chi connectivity index (χ1) is 5.45. The Morgan fingerprint density at radius 2 is 1.55 bits per heavy atom. The Morgan fingerprint density at radius 3 is 1.91 bits per heavy atom. The zero-order chi connectivity index (χ0) is 7.52. The SMILES string of the molecule is [c]1occc1Oc1[c]occ1. The third kappa shape index (κ3) is 1.26. The predicted molar refractivity (Wildman–Crippen MR) is 35.2 cm³/mol. The molecule has 0 N–H and O–H groups in total. The van der Waals surface area contributed by atoms with Crippen LogP contribution in [0.15, 0.2) is 33.5 Å². The normalized spacial score (nSPS) is 9.82. The van der Waals surface area contributed by atoms with Crippen LogP contribution in [0.2, 0.25) is 0 Å². The van der Waals surface area contributed by atoms with Crippen molar-refractivity contribution in [2.24, 2.45) is 0 Å². The lowest BCUT2D eigenvalue weighted by atomic mass is 10.5. The number of rotatable bonds is 2. The Morgan fingerprint density at radius 1 is 1.00 bits per heavy atom. The first-order valence-corrected chi connectivity index (χ1v) is 3.03. The molecule has 0 saturated heterocycles. The molecule has 54 valence electrons. The first kappa shape index (κ1) is 6.09. The summed E-state index contributed by atoms with van der Waals surface area (Å²) in [6.45, 7) is 0. The minimum absolute atomic E-state index is 0.516. The van der Waals surface area contributed by atoms with Crippen molar-refractivity contribution in [1.29, 1.82) is 0 Å². The monoisotopic (exact) mass is 148 g/mol. The molecule has 0 aliphatic carbocycles. The molecule has 3 nitrogen and oxygen atoms in total. The van der Waals surface area contributed by atoms with Crippen LogP contribution in [0.25, 0.3) is 0 Å². The minimum Gasteiger partial charge on any atom is -0.457 e. The third-order valence-corrected chi connectivity index (χ3v) is 1.11. The van der Waals surface area contributed by atoms with E-state index in [0.29, 0.717) is 11.5 Å². The maximum atomic E-state index is 5.16. The molecular formula is C8H4O3. The second kappa shape index (κ2) is 2.54. The van der Waals surface area contributed by atoms with Crippen molar-refractivity contribution in [3.8, 4) is 11.5 Å². The van der Waals surface area contributed by atoms with Crippen molar-refractivity contribution in [2.45, 2.75) is 0 Å². The van der Waals surface area contributed by atoms with Gasteiger partial charge in [-0.05, 0) is 0 Å². The summed E-state index contributed by atoms with van der Waals surface area (Å²) < 4.78 is 14.5. The van der Waals surface area contributed by atoms with Gasteiger partial charge in [0, 0.05) is 12.1 Å². The van der Waals surface area contributed by atoms with E-state index in [4.69, 9.17) is 4.74 Å². The average Bonchev–Trinajstić information content (AvgIpc) is 2.60. The first-order valence-electron chi connectivity index (χ1n) is 3.03. The van der Waals surface area contributed by atoms with Crippen LogP contribution in [0.4, 0.5) is 0 Å². The summed E-state index contributed by atoms with van der Waals surface area (Å²) in [4.78, 5) is 0. The van der Waals surface area contributed by atoms with Crippen molar-refractivity contribution in [3.63, 3.8) is 0 Å². The topological polar surface area (TPSA) is 35.5 Å². The highest BCUT2D eigenvalue weighted by molar-refractivity contribution is 5.22. The lowest BCUT2D eigenvalue weighted by molar-refractivity contribution is 0.448. The molecule has 0 aliphatic rings. The summed E-state index contributed by atoms with van der Waals surface area (Å²) in [6, 6.07) is 3.31. The Labute approximate surface area is 63.2 Å². The van der Waals surface area contributed by atoms with Gasteiger partial charge in [-0.3, -0.25) is 0 Å². The van der Waals surface area contributed by atoms with E-state index in [0.717, 1.165) is 0 Å². The van der Waals surface area contributed by atoms with Crippen molar-refractivity contribution in [1.82, 2.24) is 0 Å². The molecule has 0 aromatic carbocycles. The molecule has 2 heterocycles. The highest BCUT2D eigenvalue weighted by Crippen LogP contribution is 2.19. The van der Waals surface area contributed by atoms with E-state index in [-0.39, 0.29) is 0 Å². The second-order valence-electron chi connectivity index (χ2n) is 1.88. The van der Waals surface area contributed by atoms with Gasteiger partial charge in [-0.25, -0.2) is 0 Å². The van der Waals surface area contributed by atoms with Gasteiger partial charge >= 0.3 is 0 Å². The molecule has 11 heavy (non-hydrogen) atoms. The van der Waals surface area contributed by atoms with Gasteiger partial charge in [0.2, 0.25) is 12.5 Å².